The highest BCUT2D eigenvalue weighted by atomic mass is 79.9. The number of likely N-dealkylation sites (N-methyl/N-ethyl adjacent to an activating group) is 1. The normalized spacial score (nSPS) is 18.9. The number of ether oxygens (including phenoxy) is 1. The van der Waals surface area contributed by atoms with Crippen molar-refractivity contribution in [1.29, 1.82) is 0 Å². The number of carbonyl (C=O) groups is 1. The quantitative estimate of drug-likeness (QED) is 0.376. The lowest BCUT2D eigenvalue weighted by Gasteiger charge is -2.30. The molecule has 1 aliphatic heterocycles. The molecule has 0 radical (unpaired) electrons. The Balaban J connectivity index is 1.61. The first-order valence-corrected chi connectivity index (χ1v) is 11.6. The van der Waals surface area contributed by atoms with Gasteiger partial charge in [0.2, 0.25) is 0 Å². The molecule has 2 aliphatic rings. The Bertz CT molecular complexity index is 1040. The van der Waals surface area contributed by atoms with Crippen LogP contribution in [0.15, 0.2) is 52.6 Å². The molecule has 1 amide bonds. The van der Waals surface area contributed by atoms with Crippen molar-refractivity contribution in [3.05, 3.63) is 69.6 Å². The Hall–Kier alpha value is -2.25. The van der Waals surface area contributed by atoms with Crippen LogP contribution >= 0.6 is 28.1 Å². The monoisotopic (exact) mass is 502 g/mol. The summed E-state index contributed by atoms with van der Waals surface area (Å²) in [5, 5.41) is 0.548. The molecule has 2 aromatic rings. The van der Waals surface area contributed by atoms with Crippen molar-refractivity contribution in [3.63, 3.8) is 0 Å². The average Bonchev–Trinajstić information content (AvgIpc) is 2.98. The number of thiocarbonyl (C=S) groups is 1. The maximum Gasteiger partial charge on any atom is 0.277 e. The van der Waals surface area contributed by atoms with Crippen LogP contribution in [0.1, 0.15) is 43.2 Å². The summed E-state index contributed by atoms with van der Waals surface area (Å²) in [5.74, 6) is 0.195. The van der Waals surface area contributed by atoms with Crippen LogP contribution in [0.2, 0.25) is 0 Å². The Labute approximate surface area is 195 Å². The molecular formula is C24H24BrFN2O2S. The third-order valence-corrected chi connectivity index (χ3v) is 6.80. The second-order valence-corrected chi connectivity index (χ2v) is 9.18. The largest absolute Gasteiger partial charge is 0.488 e. The molecule has 31 heavy (non-hydrogen) atoms. The van der Waals surface area contributed by atoms with Crippen molar-refractivity contribution in [2.75, 3.05) is 7.05 Å². The second-order valence-electron chi connectivity index (χ2n) is 7.90. The molecule has 2 fully saturated rings. The minimum Gasteiger partial charge on any atom is -0.488 e. The standard InChI is InChI=1S/C24H24BrFN2O2S/c1-27-21(23(29)28(24(27)31)19-8-3-2-4-9-19)14-17-13-18(25)11-12-22(17)30-15-16-7-5-6-10-20(16)26/h5-7,10-14,19H,2-4,8-9,15H2,1H3/b21-14-. The highest BCUT2D eigenvalue weighted by Gasteiger charge is 2.40. The highest BCUT2D eigenvalue weighted by molar-refractivity contribution is 9.10. The lowest BCUT2D eigenvalue weighted by molar-refractivity contribution is -0.124. The molecule has 1 saturated heterocycles. The zero-order valence-corrected chi connectivity index (χ0v) is 19.7. The van der Waals surface area contributed by atoms with Gasteiger partial charge in [0.25, 0.3) is 5.91 Å². The number of hydrogen-bond donors (Lipinski definition) is 0. The van der Waals surface area contributed by atoms with Gasteiger partial charge in [-0.15, -0.1) is 0 Å². The van der Waals surface area contributed by atoms with Crippen LogP contribution in [0.25, 0.3) is 6.08 Å². The van der Waals surface area contributed by atoms with E-state index in [0.717, 1.165) is 35.7 Å². The van der Waals surface area contributed by atoms with Gasteiger partial charge in [-0.25, -0.2) is 4.39 Å². The van der Waals surface area contributed by atoms with Crippen molar-refractivity contribution in [2.24, 2.45) is 0 Å². The summed E-state index contributed by atoms with van der Waals surface area (Å²) in [5.41, 5.74) is 1.72. The molecule has 0 N–H and O–H groups in total. The molecule has 0 bridgehead atoms. The Morgan fingerprint density at radius 2 is 1.94 bits per heavy atom. The fraction of sp³-hybridized carbons (Fsp3) is 0.333. The maximum atomic E-state index is 14.0. The minimum atomic E-state index is -0.307. The first-order chi connectivity index (χ1) is 15.0. The van der Waals surface area contributed by atoms with E-state index in [2.05, 4.69) is 15.9 Å². The molecule has 1 aliphatic carbocycles. The SMILES string of the molecule is CN1C(=S)N(C2CCCCC2)C(=O)/C1=C/c1cc(Br)ccc1OCc1ccccc1F. The molecule has 0 unspecified atom stereocenters. The molecule has 0 atom stereocenters. The molecule has 1 heterocycles. The molecule has 4 nitrogen and oxygen atoms in total. The fourth-order valence-electron chi connectivity index (χ4n) is 4.12. The lowest BCUT2D eigenvalue weighted by atomic mass is 9.94. The van der Waals surface area contributed by atoms with Gasteiger partial charge in [0, 0.05) is 28.7 Å². The summed E-state index contributed by atoms with van der Waals surface area (Å²) in [7, 11) is 1.83. The van der Waals surface area contributed by atoms with Gasteiger partial charge in [0.15, 0.2) is 5.11 Å². The average molecular weight is 503 g/mol. The Morgan fingerprint density at radius 3 is 2.68 bits per heavy atom. The zero-order chi connectivity index (χ0) is 22.0. The smallest absolute Gasteiger partial charge is 0.277 e. The first kappa shape index (κ1) is 22.0. The second kappa shape index (κ2) is 9.49. The van der Waals surface area contributed by atoms with Crippen LogP contribution < -0.4 is 4.74 Å². The van der Waals surface area contributed by atoms with E-state index in [0.29, 0.717) is 22.1 Å². The Morgan fingerprint density at radius 1 is 1.19 bits per heavy atom. The van der Waals surface area contributed by atoms with Crippen LogP contribution in [-0.2, 0) is 11.4 Å². The van der Waals surface area contributed by atoms with Gasteiger partial charge in [-0.2, -0.15) is 0 Å². The predicted octanol–water partition coefficient (Wildman–Crippen LogP) is 5.90. The molecular weight excluding hydrogens is 479 g/mol. The summed E-state index contributed by atoms with van der Waals surface area (Å²) < 4.78 is 20.8. The summed E-state index contributed by atoms with van der Waals surface area (Å²) >= 11 is 9.10. The molecule has 0 aromatic heterocycles. The van der Waals surface area contributed by atoms with E-state index in [1.807, 2.05) is 25.2 Å². The van der Waals surface area contributed by atoms with E-state index in [9.17, 15) is 9.18 Å². The van der Waals surface area contributed by atoms with E-state index in [1.165, 1.54) is 12.5 Å². The number of rotatable bonds is 5. The minimum absolute atomic E-state index is 0.0700. The van der Waals surface area contributed by atoms with Crippen molar-refractivity contribution in [3.8, 4) is 5.75 Å². The molecule has 2 aromatic carbocycles. The van der Waals surface area contributed by atoms with Crippen molar-refractivity contribution >= 4 is 45.2 Å². The summed E-state index contributed by atoms with van der Waals surface area (Å²) in [6.07, 6.45) is 7.24. The van der Waals surface area contributed by atoms with Crippen molar-refractivity contribution in [2.45, 2.75) is 44.8 Å². The van der Waals surface area contributed by atoms with Gasteiger partial charge in [-0.05, 0) is 55.4 Å². The van der Waals surface area contributed by atoms with E-state index < -0.39 is 0 Å². The molecule has 0 spiro atoms. The van der Waals surface area contributed by atoms with Crippen LogP contribution in [-0.4, -0.2) is 33.9 Å². The van der Waals surface area contributed by atoms with Gasteiger partial charge in [-0.3, -0.25) is 9.69 Å². The number of nitrogens with zero attached hydrogens (tertiary/aromatic N) is 2. The topological polar surface area (TPSA) is 32.8 Å². The Kier molecular flexibility index (Phi) is 6.72. The summed E-state index contributed by atoms with van der Waals surface area (Å²) in [6.45, 7) is 0.0981. The summed E-state index contributed by atoms with van der Waals surface area (Å²) in [6, 6.07) is 12.3. The maximum absolute atomic E-state index is 14.0. The number of hydrogen-bond acceptors (Lipinski definition) is 3. The number of amides is 1. The first-order valence-electron chi connectivity index (χ1n) is 10.4. The third kappa shape index (κ3) is 4.67. The van der Waals surface area contributed by atoms with Crippen LogP contribution in [0.4, 0.5) is 4.39 Å². The highest BCUT2D eigenvalue weighted by Crippen LogP contribution is 2.33. The molecule has 7 heteroatoms. The van der Waals surface area contributed by atoms with Gasteiger partial charge >= 0.3 is 0 Å². The zero-order valence-electron chi connectivity index (χ0n) is 17.3. The van der Waals surface area contributed by atoms with Crippen LogP contribution in [0, 0.1) is 5.82 Å². The van der Waals surface area contributed by atoms with Crippen molar-refractivity contribution < 1.29 is 13.9 Å². The van der Waals surface area contributed by atoms with E-state index >= 15 is 0 Å². The van der Waals surface area contributed by atoms with Crippen LogP contribution in [0.3, 0.4) is 0 Å². The number of carbonyl (C=O) groups excluding carboxylic acids is 1. The predicted molar refractivity (Wildman–Crippen MR) is 127 cm³/mol. The van der Waals surface area contributed by atoms with E-state index in [4.69, 9.17) is 17.0 Å². The van der Waals surface area contributed by atoms with E-state index in [-0.39, 0.29) is 24.4 Å². The van der Waals surface area contributed by atoms with Crippen molar-refractivity contribution in [1.82, 2.24) is 9.80 Å². The van der Waals surface area contributed by atoms with E-state index in [1.54, 1.807) is 34.1 Å². The van der Waals surface area contributed by atoms with Gasteiger partial charge in [-0.1, -0.05) is 53.4 Å². The van der Waals surface area contributed by atoms with Crippen LogP contribution in [0.5, 0.6) is 5.75 Å². The third-order valence-electron chi connectivity index (χ3n) is 5.84. The van der Waals surface area contributed by atoms with Gasteiger partial charge in [0.05, 0.1) is 0 Å². The molecule has 4 rings (SSSR count). The number of benzene rings is 2. The molecule has 162 valence electrons. The van der Waals surface area contributed by atoms with Gasteiger partial charge in [0.1, 0.15) is 23.9 Å². The van der Waals surface area contributed by atoms with Gasteiger partial charge < -0.3 is 9.64 Å². The summed E-state index contributed by atoms with van der Waals surface area (Å²) in [4.78, 5) is 16.8. The fourth-order valence-corrected chi connectivity index (χ4v) is 4.83. The molecule has 1 saturated carbocycles. The lowest BCUT2D eigenvalue weighted by Crippen LogP contribution is -2.41. The number of halogens is 2.